The van der Waals surface area contributed by atoms with Crippen molar-refractivity contribution in [2.45, 2.75) is 57.5 Å². The topological polar surface area (TPSA) is 88.2 Å². The van der Waals surface area contributed by atoms with Crippen molar-refractivity contribution in [3.8, 4) is 11.5 Å². The first-order chi connectivity index (χ1) is 16.5. The summed E-state index contributed by atoms with van der Waals surface area (Å²) < 4.78 is 10.8. The third kappa shape index (κ3) is 5.00. The summed E-state index contributed by atoms with van der Waals surface area (Å²) in [5, 5.41) is 2.85. The molecule has 0 radical (unpaired) electrons. The standard InChI is InChI=1S/C26H31N3O5/c1-3-16-34-22-12-8-18(9-13-22)27-24(30)17-23-25(31)29(20-10-14-21(33-2)15-11-20)26(32)28(23)19-6-4-5-7-19/h8-15,19,23H,3-7,16-17H2,1-2H3,(H,27,30)/t23-/m1/s1. The molecule has 0 bridgehead atoms. The number of benzene rings is 2. The van der Waals surface area contributed by atoms with Gasteiger partial charge in [0, 0.05) is 11.7 Å². The molecule has 0 aromatic heterocycles. The van der Waals surface area contributed by atoms with Gasteiger partial charge in [-0.05, 0) is 67.8 Å². The molecule has 180 valence electrons. The van der Waals surface area contributed by atoms with E-state index in [1.54, 1.807) is 60.5 Å². The second-order valence-electron chi connectivity index (χ2n) is 8.64. The Balaban J connectivity index is 1.50. The lowest BCUT2D eigenvalue weighted by atomic mass is 10.1. The summed E-state index contributed by atoms with van der Waals surface area (Å²) >= 11 is 0. The summed E-state index contributed by atoms with van der Waals surface area (Å²) in [7, 11) is 1.56. The molecule has 1 saturated heterocycles. The molecule has 2 aromatic rings. The normalized spacial score (nSPS) is 18.5. The second kappa shape index (κ2) is 10.6. The molecule has 8 nitrogen and oxygen atoms in total. The largest absolute Gasteiger partial charge is 0.497 e. The van der Waals surface area contributed by atoms with Crippen LogP contribution in [0.4, 0.5) is 16.2 Å². The summed E-state index contributed by atoms with van der Waals surface area (Å²) in [6.07, 6.45) is 4.52. The van der Waals surface area contributed by atoms with Gasteiger partial charge in [-0.3, -0.25) is 9.59 Å². The molecule has 34 heavy (non-hydrogen) atoms. The minimum atomic E-state index is -0.829. The number of imide groups is 1. The van der Waals surface area contributed by atoms with Gasteiger partial charge in [-0.1, -0.05) is 19.8 Å². The molecule has 1 atom stereocenters. The maximum absolute atomic E-state index is 13.4. The SMILES string of the molecule is CCCOc1ccc(NC(=O)C[C@@H]2C(=O)N(c3ccc(OC)cc3)C(=O)N2C2CCCC2)cc1. The zero-order valence-electron chi connectivity index (χ0n) is 19.7. The second-order valence-corrected chi connectivity index (χ2v) is 8.64. The Labute approximate surface area is 199 Å². The lowest BCUT2D eigenvalue weighted by Crippen LogP contribution is -2.43. The molecule has 1 aliphatic carbocycles. The molecule has 2 fully saturated rings. The highest BCUT2D eigenvalue weighted by Crippen LogP contribution is 2.34. The van der Waals surface area contributed by atoms with Crippen LogP contribution in [0.3, 0.4) is 0 Å². The fourth-order valence-corrected chi connectivity index (χ4v) is 4.60. The Hall–Kier alpha value is -3.55. The first-order valence-electron chi connectivity index (χ1n) is 11.8. The number of nitrogens with one attached hydrogen (secondary N) is 1. The number of nitrogens with zero attached hydrogens (tertiary/aromatic N) is 2. The molecule has 4 rings (SSSR count). The first kappa shape index (κ1) is 23.6. The van der Waals surface area contributed by atoms with Crippen LogP contribution < -0.4 is 19.7 Å². The number of hydrogen-bond acceptors (Lipinski definition) is 5. The zero-order chi connectivity index (χ0) is 24.1. The van der Waals surface area contributed by atoms with Crippen LogP contribution >= 0.6 is 0 Å². The van der Waals surface area contributed by atoms with Crippen LogP contribution in [-0.4, -0.2) is 48.5 Å². The van der Waals surface area contributed by atoms with Gasteiger partial charge in [0.1, 0.15) is 17.5 Å². The van der Waals surface area contributed by atoms with Crippen LogP contribution in [0.1, 0.15) is 45.4 Å². The summed E-state index contributed by atoms with van der Waals surface area (Å²) in [5.41, 5.74) is 1.09. The minimum Gasteiger partial charge on any atom is -0.497 e. The van der Waals surface area contributed by atoms with E-state index in [-0.39, 0.29) is 30.3 Å². The third-order valence-corrected chi connectivity index (χ3v) is 6.29. The van der Waals surface area contributed by atoms with Gasteiger partial charge in [0.15, 0.2) is 0 Å². The van der Waals surface area contributed by atoms with E-state index < -0.39 is 6.04 Å². The van der Waals surface area contributed by atoms with Gasteiger partial charge in [-0.2, -0.15) is 0 Å². The highest BCUT2D eigenvalue weighted by atomic mass is 16.5. The highest BCUT2D eigenvalue weighted by molar-refractivity contribution is 6.22. The van der Waals surface area contributed by atoms with E-state index in [1.807, 2.05) is 6.92 Å². The number of carbonyl (C=O) groups excluding carboxylic acids is 3. The molecule has 2 aliphatic rings. The lowest BCUT2D eigenvalue weighted by molar-refractivity contribution is -0.124. The van der Waals surface area contributed by atoms with Crippen LogP contribution in [0.2, 0.25) is 0 Å². The van der Waals surface area contributed by atoms with E-state index in [4.69, 9.17) is 9.47 Å². The van der Waals surface area contributed by atoms with Gasteiger partial charge in [-0.25, -0.2) is 9.69 Å². The van der Waals surface area contributed by atoms with Crippen molar-refractivity contribution in [1.82, 2.24) is 4.90 Å². The number of urea groups is 1. The molecule has 8 heteroatoms. The molecule has 4 amide bonds. The fraction of sp³-hybridized carbons (Fsp3) is 0.423. The summed E-state index contributed by atoms with van der Waals surface area (Å²) in [4.78, 5) is 42.5. The molecule has 1 saturated carbocycles. The number of hydrogen-bond donors (Lipinski definition) is 1. The van der Waals surface area contributed by atoms with E-state index in [0.29, 0.717) is 23.7 Å². The van der Waals surface area contributed by atoms with E-state index in [1.165, 1.54) is 4.90 Å². The monoisotopic (exact) mass is 465 g/mol. The average molecular weight is 466 g/mol. The predicted octanol–water partition coefficient (Wildman–Crippen LogP) is 4.59. The van der Waals surface area contributed by atoms with Crippen LogP contribution in [0.15, 0.2) is 48.5 Å². The van der Waals surface area contributed by atoms with Crippen LogP contribution in [0, 0.1) is 0 Å². The van der Waals surface area contributed by atoms with Gasteiger partial charge in [0.05, 0.1) is 25.8 Å². The van der Waals surface area contributed by atoms with Crippen molar-refractivity contribution in [1.29, 1.82) is 0 Å². The maximum atomic E-state index is 13.4. The fourth-order valence-electron chi connectivity index (χ4n) is 4.60. The summed E-state index contributed by atoms with van der Waals surface area (Å²) in [6, 6.07) is 12.7. The number of methoxy groups -OCH3 is 1. The van der Waals surface area contributed by atoms with Crippen molar-refractivity contribution in [2.24, 2.45) is 0 Å². The molecule has 2 aromatic carbocycles. The van der Waals surface area contributed by atoms with Crippen molar-refractivity contribution < 1.29 is 23.9 Å². The summed E-state index contributed by atoms with van der Waals surface area (Å²) in [5.74, 6) is 0.685. The van der Waals surface area contributed by atoms with Crippen LogP contribution in [0.25, 0.3) is 0 Å². The predicted molar refractivity (Wildman–Crippen MR) is 129 cm³/mol. The Kier molecular flexibility index (Phi) is 7.35. The number of carbonyl (C=O) groups is 3. The molecule has 1 N–H and O–H groups in total. The molecular formula is C26H31N3O5. The smallest absolute Gasteiger partial charge is 0.332 e. The lowest BCUT2D eigenvalue weighted by Gasteiger charge is -2.27. The van der Waals surface area contributed by atoms with Crippen LogP contribution in [0.5, 0.6) is 11.5 Å². The van der Waals surface area contributed by atoms with Gasteiger partial charge in [0.25, 0.3) is 5.91 Å². The minimum absolute atomic E-state index is 0.0347. The number of amides is 4. The van der Waals surface area contributed by atoms with E-state index in [2.05, 4.69) is 5.32 Å². The average Bonchev–Trinajstić information content (AvgIpc) is 3.45. The molecule has 0 unspecified atom stereocenters. The molecule has 0 spiro atoms. The van der Waals surface area contributed by atoms with Crippen molar-refractivity contribution in [3.63, 3.8) is 0 Å². The van der Waals surface area contributed by atoms with Crippen molar-refractivity contribution in [3.05, 3.63) is 48.5 Å². The van der Waals surface area contributed by atoms with E-state index >= 15 is 0 Å². The number of anilines is 2. The highest BCUT2D eigenvalue weighted by Gasteiger charge is 2.49. The van der Waals surface area contributed by atoms with Gasteiger partial charge in [-0.15, -0.1) is 0 Å². The number of ether oxygens (including phenoxy) is 2. The van der Waals surface area contributed by atoms with Gasteiger partial charge in [0.2, 0.25) is 5.91 Å². The van der Waals surface area contributed by atoms with Gasteiger partial charge >= 0.3 is 6.03 Å². The van der Waals surface area contributed by atoms with Gasteiger partial charge < -0.3 is 19.7 Å². The van der Waals surface area contributed by atoms with Crippen molar-refractivity contribution in [2.75, 3.05) is 23.9 Å². The van der Waals surface area contributed by atoms with Crippen molar-refractivity contribution >= 4 is 29.2 Å². The van der Waals surface area contributed by atoms with E-state index in [0.717, 1.165) is 37.9 Å². The third-order valence-electron chi connectivity index (χ3n) is 6.29. The molecule has 1 aliphatic heterocycles. The van der Waals surface area contributed by atoms with E-state index in [9.17, 15) is 14.4 Å². The zero-order valence-corrected chi connectivity index (χ0v) is 19.7. The number of rotatable bonds is 9. The Morgan fingerprint density at radius 3 is 2.26 bits per heavy atom. The summed E-state index contributed by atoms with van der Waals surface area (Å²) in [6.45, 7) is 2.67. The quantitative estimate of drug-likeness (QED) is 0.547. The maximum Gasteiger partial charge on any atom is 0.332 e. The molecular weight excluding hydrogens is 434 g/mol. The molecule has 1 heterocycles. The first-order valence-corrected chi connectivity index (χ1v) is 11.8. The Morgan fingerprint density at radius 2 is 1.65 bits per heavy atom. The van der Waals surface area contributed by atoms with Crippen LogP contribution in [-0.2, 0) is 9.59 Å². The Morgan fingerprint density at radius 1 is 1.00 bits per heavy atom. The Bertz CT molecular complexity index is 1020.